The Bertz CT molecular complexity index is 636. The molecule has 1 atom stereocenters. The summed E-state index contributed by atoms with van der Waals surface area (Å²) in [4.78, 5) is 13.3. The van der Waals surface area contributed by atoms with Gasteiger partial charge in [0, 0.05) is 18.8 Å². The number of halogens is 2. The van der Waals surface area contributed by atoms with E-state index in [0.717, 1.165) is 6.07 Å². The normalized spacial score (nSPS) is 20.6. The van der Waals surface area contributed by atoms with Crippen molar-refractivity contribution in [3.05, 3.63) is 29.0 Å². The van der Waals surface area contributed by atoms with Crippen LogP contribution in [0, 0.1) is 5.82 Å². The standard InChI is InChI=1S/C12H14ClFN2O3S/c1-16(9-4-5-20(18,19)7-9)12(17)15-8-2-3-11(14)10(13)6-8/h2-3,6,9H,4-5,7H2,1H3,(H,15,17). The number of nitrogens with zero attached hydrogens (tertiary/aromatic N) is 1. The number of benzene rings is 1. The van der Waals surface area contributed by atoms with Crippen LogP contribution in [0.4, 0.5) is 14.9 Å². The second kappa shape index (κ2) is 5.57. The van der Waals surface area contributed by atoms with Crippen LogP contribution >= 0.6 is 11.6 Å². The van der Waals surface area contributed by atoms with E-state index in [1.54, 1.807) is 0 Å². The molecule has 1 aromatic rings. The van der Waals surface area contributed by atoms with Gasteiger partial charge in [0.1, 0.15) is 5.82 Å². The van der Waals surface area contributed by atoms with Crippen LogP contribution in [0.3, 0.4) is 0 Å². The van der Waals surface area contributed by atoms with Gasteiger partial charge in [-0.2, -0.15) is 0 Å². The topological polar surface area (TPSA) is 66.5 Å². The Morgan fingerprint density at radius 1 is 1.50 bits per heavy atom. The Morgan fingerprint density at radius 3 is 2.75 bits per heavy atom. The van der Waals surface area contributed by atoms with Crippen LogP contribution < -0.4 is 5.32 Å². The van der Waals surface area contributed by atoms with Gasteiger partial charge in [-0.3, -0.25) is 0 Å². The molecule has 0 spiro atoms. The van der Waals surface area contributed by atoms with Crippen molar-refractivity contribution in [2.24, 2.45) is 0 Å². The van der Waals surface area contributed by atoms with Crippen molar-refractivity contribution in [3.63, 3.8) is 0 Å². The van der Waals surface area contributed by atoms with Gasteiger partial charge in [-0.1, -0.05) is 11.6 Å². The van der Waals surface area contributed by atoms with E-state index in [1.165, 1.54) is 24.1 Å². The lowest BCUT2D eigenvalue weighted by molar-refractivity contribution is 0.209. The Kier molecular flexibility index (Phi) is 4.19. The van der Waals surface area contributed by atoms with Crippen LogP contribution in [0.15, 0.2) is 18.2 Å². The van der Waals surface area contributed by atoms with Gasteiger partial charge >= 0.3 is 6.03 Å². The third kappa shape index (κ3) is 3.40. The molecule has 1 fully saturated rings. The molecule has 2 amide bonds. The first-order valence-electron chi connectivity index (χ1n) is 5.98. The summed E-state index contributed by atoms with van der Waals surface area (Å²) in [6, 6.07) is 3.05. The molecule has 0 bridgehead atoms. The first-order chi connectivity index (χ1) is 9.28. The highest BCUT2D eigenvalue weighted by Gasteiger charge is 2.32. The van der Waals surface area contributed by atoms with Crippen molar-refractivity contribution >= 4 is 33.2 Å². The lowest BCUT2D eigenvalue weighted by atomic mass is 10.2. The number of urea groups is 1. The Balaban J connectivity index is 2.02. The fourth-order valence-corrected chi connectivity index (χ4v) is 3.99. The molecule has 20 heavy (non-hydrogen) atoms. The molecule has 1 saturated heterocycles. The number of carbonyl (C=O) groups is 1. The fraction of sp³-hybridized carbons (Fsp3) is 0.417. The second-order valence-electron chi connectivity index (χ2n) is 4.73. The molecule has 0 saturated carbocycles. The van der Waals surface area contributed by atoms with Crippen molar-refractivity contribution in [1.29, 1.82) is 0 Å². The smallest absolute Gasteiger partial charge is 0.321 e. The Hall–Kier alpha value is -1.34. The summed E-state index contributed by atoms with van der Waals surface area (Å²) in [5.74, 6) is -0.501. The predicted octanol–water partition coefficient (Wildman–Crippen LogP) is 2.13. The number of amides is 2. The Labute approximate surface area is 121 Å². The summed E-state index contributed by atoms with van der Waals surface area (Å²) in [6.45, 7) is 0. The number of anilines is 1. The molecule has 8 heteroatoms. The SMILES string of the molecule is CN(C(=O)Nc1ccc(F)c(Cl)c1)C1CCS(=O)(=O)C1. The number of rotatable bonds is 2. The predicted molar refractivity (Wildman–Crippen MR) is 75.3 cm³/mol. The maximum absolute atomic E-state index is 13.0. The molecular weight excluding hydrogens is 307 g/mol. The van der Waals surface area contributed by atoms with E-state index in [1.807, 2.05) is 0 Å². The van der Waals surface area contributed by atoms with Gasteiger partial charge in [0.2, 0.25) is 0 Å². The highest BCUT2D eigenvalue weighted by molar-refractivity contribution is 7.91. The van der Waals surface area contributed by atoms with Gasteiger partial charge in [0.05, 0.1) is 16.5 Å². The van der Waals surface area contributed by atoms with Crippen molar-refractivity contribution in [2.45, 2.75) is 12.5 Å². The zero-order valence-electron chi connectivity index (χ0n) is 10.8. The lowest BCUT2D eigenvalue weighted by Gasteiger charge is -2.23. The minimum atomic E-state index is -3.05. The summed E-state index contributed by atoms with van der Waals surface area (Å²) in [7, 11) is -1.52. The molecule has 2 rings (SSSR count). The molecule has 0 radical (unpaired) electrons. The number of nitrogens with one attached hydrogen (secondary N) is 1. The summed E-state index contributed by atoms with van der Waals surface area (Å²) >= 11 is 5.62. The van der Waals surface area contributed by atoms with E-state index < -0.39 is 21.7 Å². The molecule has 1 aromatic carbocycles. The van der Waals surface area contributed by atoms with Gasteiger partial charge in [0.15, 0.2) is 9.84 Å². The molecule has 1 aliphatic rings. The highest BCUT2D eigenvalue weighted by Crippen LogP contribution is 2.21. The maximum Gasteiger partial charge on any atom is 0.321 e. The molecule has 0 aromatic heterocycles. The summed E-state index contributed by atoms with van der Waals surface area (Å²) in [5, 5.41) is 2.47. The molecule has 1 heterocycles. The molecular formula is C12H14ClFN2O3S. The molecule has 1 aliphatic heterocycles. The Morgan fingerprint density at radius 2 is 2.20 bits per heavy atom. The average Bonchev–Trinajstić information content (AvgIpc) is 2.73. The first-order valence-corrected chi connectivity index (χ1v) is 8.18. The van der Waals surface area contributed by atoms with Gasteiger partial charge in [-0.25, -0.2) is 17.6 Å². The van der Waals surface area contributed by atoms with E-state index in [9.17, 15) is 17.6 Å². The monoisotopic (exact) mass is 320 g/mol. The van der Waals surface area contributed by atoms with Gasteiger partial charge in [0.25, 0.3) is 0 Å². The van der Waals surface area contributed by atoms with Crippen molar-refractivity contribution in [2.75, 3.05) is 23.9 Å². The minimum absolute atomic E-state index is 0.0267. The number of hydrogen-bond donors (Lipinski definition) is 1. The van der Waals surface area contributed by atoms with Crippen LogP contribution in [0.1, 0.15) is 6.42 Å². The number of sulfone groups is 1. The third-order valence-electron chi connectivity index (χ3n) is 3.25. The molecule has 110 valence electrons. The molecule has 1 unspecified atom stereocenters. The van der Waals surface area contributed by atoms with E-state index in [2.05, 4.69) is 5.32 Å². The van der Waals surface area contributed by atoms with Crippen molar-refractivity contribution in [1.82, 2.24) is 4.90 Å². The summed E-state index contributed by atoms with van der Waals surface area (Å²) in [5.41, 5.74) is 0.356. The second-order valence-corrected chi connectivity index (χ2v) is 7.36. The zero-order valence-corrected chi connectivity index (χ0v) is 12.3. The lowest BCUT2D eigenvalue weighted by Crippen LogP contribution is -2.40. The minimum Gasteiger partial charge on any atom is -0.324 e. The first kappa shape index (κ1) is 15.1. The van der Waals surface area contributed by atoms with Gasteiger partial charge in [-0.15, -0.1) is 0 Å². The van der Waals surface area contributed by atoms with Crippen LogP contribution in [0.25, 0.3) is 0 Å². The van der Waals surface area contributed by atoms with Crippen molar-refractivity contribution < 1.29 is 17.6 Å². The molecule has 0 aliphatic carbocycles. The fourth-order valence-electron chi connectivity index (χ4n) is 2.03. The van der Waals surface area contributed by atoms with Gasteiger partial charge < -0.3 is 10.2 Å². The quantitative estimate of drug-likeness (QED) is 0.907. The van der Waals surface area contributed by atoms with E-state index in [4.69, 9.17) is 11.6 Å². The summed E-state index contributed by atoms with van der Waals surface area (Å²) in [6.07, 6.45) is 0.427. The maximum atomic E-state index is 13.0. The average molecular weight is 321 g/mol. The van der Waals surface area contributed by atoms with Crippen LogP contribution in [0.2, 0.25) is 5.02 Å². The van der Waals surface area contributed by atoms with E-state index >= 15 is 0 Å². The number of carbonyl (C=O) groups excluding carboxylic acids is 1. The van der Waals surface area contributed by atoms with Crippen molar-refractivity contribution in [3.8, 4) is 0 Å². The van der Waals surface area contributed by atoms with E-state index in [-0.39, 0.29) is 22.6 Å². The van der Waals surface area contributed by atoms with Gasteiger partial charge in [-0.05, 0) is 24.6 Å². The largest absolute Gasteiger partial charge is 0.324 e. The van der Waals surface area contributed by atoms with E-state index in [0.29, 0.717) is 12.1 Å². The molecule has 1 N–H and O–H groups in total. The van der Waals surface area contributed by atoms with Crippen LogP contribution in [-0.2, 0) is 9.84 Å². The molecule has 5 nitrogen and oxygen atoms in total. The number of hydrogen-bond acceptors (Lipinski definition) is 3. The summed E-state index contributed by atoms with van der Waals surface area (Å²) < 4.78 is 35.8. The van der Waals surface area contributed by atoms with Crippen LogP contribution in [-0.4, -0.2) is 43.9 Å². The zero-order chi connectivity index (χ0) is 14.9. The van der Waals surface area contributed by atoms with Crippen LogP contribution in [0.5, 0.6) is 0 Å². The third-order valence-corrected chi connectivity index (χ3v) is 5.29. The highest BCUT2D eigenvalue weighted by atomic mass is 35.5.